The van der Waals surface area contributed by atoms with E-state index in [1.807, 2.05) is 0 Å². The van der Waals surface area contributed by atoms with Gasteiger partial charge in [-0.3, -0.25) is 14.9 Å². The average Bonchev–Trinajstić information content (AvgIpc) is 2.28. The Bertz CT molecular complexity index is 237. The highest BCUT2D eigenvalue weighted by atomic mass is 16.2. The van der Waals surface area contributed by atoms with E-state index >= 15 is 0 Å². The molecule has 2 amide bonds. The lowest BCUT2D eigenvalue weighted by Gasteiger charge is -2.25. The van der Waals surface area contributed by atoms with Crippen molar-refractivity contribution in [1.82, 2.24) is 5.32 Å². The number of hydrogen-bond acceptors (Lipinski definition) is 2. The predicted molar refractivity (Wildman–Crippen MR) is 43.1 cm³/mol. The van der Waals surface area contributed by atoms with Crippen molar-refractivity contribution >= 4 is 11.8 Å². The highest BCUT2D eigenvalue weighted by Crippen LogP contribution is 2.36. The third-order valence-corrected chi connectivity index (χ3v) is 3.03. The summed E-state index contributed by atoms with van der Waals surface area (Å²) in [7, 11) is 0. The molecule has 66 valence electrons. The van der Waals surface area contributed by atoms with Crippen molar-refractivity contribution in [2.24, 2.45) is 17.8 Å². The smallest absolute Gasteiger partial charge is 0.230 e. The van der Waals surface area contributed by atoms with Crippen LogP contribution in [-0.2, 0) is 9.59 Å². The molecule has 2 aliphatic rings. The van der Waals surface area contributed by atoms with Crippen molar-refractivity contribution in [2.45, 2.75) is 26.2 Å². The lowest BCUT2D eigenvalue weighted by Crippen LogP contribution is -2.25. The molecule has 0 radical (unpaired) electrons. The molecule has 3 atom stereocenters. The Morgan fingerprint density at radius 2 is 1.83 bits per heavy atom. The van der Waals surface area contributed by atoms with E-state index in [4.69, 9.17) is 0 Å². The summed E-state index contributed by atoms with van der Waals surface area (Å²) in [6.07, 6.45) is 2.87. The van der Waals surface area contributed by atoms with Gasteiger partial charge in [0, 0.05) is 5.92 Å². The molecule has 3 nitrogen and oxygen atoms in total. The molecule has 0 spiro atoms. The Morgan fingerprint density at radius 3 is 2.58 bits per heavy atom. The van der Waals surface area contributed by atoms with Crippen LogP contribution >= 0.6 is 0 Å². The lowest BCUT2D eigenvalue weighted by atomic mass is 9.76. The van der Waals surface area contributed by atoms with Gasteiger partial charge in [-0.2, -0.15) is 0 Å². The zero-order valence-electron chi connectivity index (χ0n) is 7.17. The standard InChI is InChI=1S/C9H13NO2/c1-5-2-3-6-7(4-5)9(12)10-8(6)11/h5-7H,2-4H2,1H3,(H,10,11,12)/t5?,6-,7-/m1/s1. The second kappa shape index (κ2) is 2.57. The number of fused-ring (bicyclic) bond motifs is 1. The molecular weight excluding hydrogens is 154 g/mol. The summed E-state index contributed by atoms with van der Waals surface area (Å²) in [6.45, 7) is 2.15. The maximum atomic E-state index is 11.2. The molecule has 2 rings (SSSR count). The van der Waals surface area contributed by atoms with E-state index in [1.54, 1.807) is 0 Å². The van der Waals surface area contributed by atoms with Gasteiger partial charge in [0.25, 0.3) is 0 Å². The molecule has 0 aromatic carbocycles. The van der Waals surface area contributed by atoms with Crippen molar-refractivity contribution in [2.75, 3.05) is 0 Å². The summed E-state index contributed by atoms with van der Waals surface area (Å²) in [4.78, 5) is 22.4. The fourth-order valence-corrected chi connectivity index (χ4v) is 2.29. The third-order valence-electron chi connectivity index (χ3n) is 3.03. The predicted octanol–water partition coefficient (Wildman–Crippen LogP) is 0.695. The zero-order valence-corrected chi connectivity index (χ0v) is 7.17. The van der Waals surface area contributed by atoms with Crippen LogP contribution in [0.1, 0.15) is 26.2 Å². The van der Waals surface area contributed by atoms with Crippen molar-refractivity contribution in [3.05, 3.63) is 0 Å². The molecule has 0 aromatic rings. The minimum atomic E-state index is -0.0449. The van der Waals surface area contributed by atoms with E-state index in [2.05, 4.69) is 12.2 Å². The quantitative estimate of drug-likeness (QED) is 0.540. The van der Waals surface area contributed by atoms with Crippen molar-refractivity contribution in [3.63, 3.8) is 0 Å². The van der Waals surface area contributed by atoms with Crippen LogP contribution in [0.2, 0.25) is 0 Å². The van der Waals surface area contributed by atoms with E-state index in [-0.39, 0.29) is 23.7 Å². The Hall–Kier alpha value is -0.860. The number of carbonyl (C=O) groups excluding carboxylic acids is 2. The number of rotatable bonds is 0. The Labute approximate surface area is 71.5 Å². The van der Waals surface area contributed by atoms with Crippen LogP contribution in [-0.4, -0.2) is 11.8 Å². The van der Waals surface area contributed by atoms with Crippen LogP contribution in [0, 0.1) is 17.8 Å². The van der Waals surface area contributed by atoms with Gasteiger partial charge in [0.15, 0.2) is 0 Å². The highest BCUT2D eigenvalue weighted by Gasteiger charge is 2.44. The second-order valence-corrected chi connectivity index (χ2v) is 3.98. The van der Waals surface area contributed by atoms with Gasteiger partial charge < -0.3 is 0 Å². The normalized spacial score (nSPS) is 40.9. The van der Waals surface area contributed by atoms with E-state index < -0.39 is 0 Å². The summed E-state index contributed by atoms with van der Waals surface area (Å²) in [6, 6.07) is 0. The van der Waals surface area contributed by atoms with E-state index in [9.17, 15) is 9.59 Å². The fourth-order valence-electron chi connectivity index (χ4n) is 2.29. The van der Waals surface area contributed by atoms with Gasteiger partial charge in [-0.15, -0.1) is 0 Å². The Kier molecular flexibility index (Phi) is 1.67. The molecule has 1 saturated carbocycles. The number of carbonyl (C=O) groups is 2. The van der Waals surface area contributed by atoms with Gasteiger partial charge in [-0.05, 0) is 25.2 Å². The van der Waals surface area contributed by atoms with Gasteiger partial charge in [-0.1, -0.05) is 6.92 Å². The molecule has 12 heavy (non-hydrogen) atoms. The maximum Gasteiger partial charge on any atom is 0.230 e. The molecule has 3 heteroatoms. The lowest BCUT2D eigenvalue weighted by molar-refractivity contribution is -0.126. The SMILES string of the molecule is CC1CC[C@H]2C(=O)NC(=O)[C@@H]2C1. The zero-order chi connectivity index (χ0) is 8.72. The van der Waals surface area contributed by atoms with E-state index in [1.165, 1.54) is 0 Å². The van der Waals surface area contributed by atoms with E-state index in [0.717, 1.165) is 19.3 Å². The number of imide groups is 1. The minimum absolute atomic E-state index is 0.00583. The van der Waals surface area contributed by atoms with Crippen molar-refractivity contribution in [1.29, 1.82) is 0 Å². The molecule has 1 saturated heterocycles. The van der Waals surface area contributed by atoms with Gasteiger partial charge in [0.2, 0.25) is 11.8 Å². The highest BCUT2D eigenvalue weighted by molar-refractivity contribution is 6.05. The van der Waals surface area contributed by atoms with Gasteiger partial charge in [-0.25, -0.2) is 0 Å². The first kappa shape index (κ1) is 7.77. The van der Waals surface area contributed by atoms with Crippen LogP contribution in [0.3, 0.4) is 0 Å². The fraction of sp³-hybridized carbons (Fsp3) is 0.778. The van der Waals surface area contributed by atoms with Crippen molar-refractivity contribution < 1.29 is 9.59 Å². The summed E-state index contributed by atoms with van der Waals surface area (Å²) >= 11 is 0. The largest absolute Gasteiger partial charge is 0.296 e. The van der Waals surface area contributed by atoms with Crippen LogP contribution in [0.15, 0.2) is 0 Å². The first-order valence-corrected chi connectivity index (χ1v) is 4.53. The van der Waals surface area contributed by atoms with Crippen LogP contribution < -0.4 is 5.32 Å². The first-order valence-electron chi connectivity index (χ1n) is 4.53. The second-order valence-electron chi connectivity index (χ2n) is 3.98. The molecule has 1 N–H and O–H groups in total. The third kappa shape index (κ3) is 1.04. The monoisotopic (exact) mass is 167 g/mol. The van der Waals surface area contributed by atoms with Crippen LogP contribution in [0.5, 0.6) is 0 Å². The number of nitrogens with one attached hydrogen (secondary N) is 1. The Balaban J connectivity index is 2.17. The molecule has 1 aliphatic heterocycles. The molecule has 0 bridgehead atoms. The molecular formula is C9H13NO2. The van der Waals surface area contributed by atoms with Crippen LogP contribution in [0.4, 0.5) is 0 Å². The van der Waals surface area contributed by atoms with Crippen molar-refractivity contribution in [3.8, 4) is 0 Å². The number of hydrogen-bond donors (Lipinski definition) is 1. The summed E-state index contributed by atoms with van der Waals surface area (Å²) < 4.78 is 0. The average molecular weight is 167 g/mol. The van der Waals surface area contributed by atoms with Gasteiger partial charge >= 0.3 is 0 Å². The molecule has 1 unspecified atom stereocenters. The number of amides is 2. The van der Waals surface area contributed by atoms with Gasteiger partial charge in [0.1, 0.15) is 0 Å². The van der Waals surface area contributed by atoms with Crippen LogP contribution in [0.25, 0.3) is 0 Å². The minimum Gasteiger partial charge on any atom is -0.296 e. The molecule has 1 heterocycles. The van der Waals surface area contributed by atoms with Gasteiger partial charge in [0.05, 0.1) is 5.92 Å². The summed E-state index contributed by atoms with van der Waals surface area (Å²) in [5.74, 6) is 0.492. The molecule has 2 fully saturated rings. The summed E-state index contributed by atoms with van der Waals surface area (Å²) in [5, 5.41) is 2.40. The topological polar surface area (TPSA) is 46.2 Å². The first-order chi connectivity index (χ1) is 5.68. The molecule has 1 aliphatic carbocycles. The van der Waals surface area contributed by atoms with E-state index in [0.29, 0.717) is 5.92 Å². The summed E-state index contributed by atoms with van der Waals surface area (Å²) in [5.41, 5.74) is 0. The maximum absolute atomic E-state index is 11.2. The Morgan fingerprint density at radius 1 is 1.17 bits per heavy atom. The molecule has 0 aromatic heterocycles.